The van der Waals surface area contributed by atoms with E-state index in [1.54, 1.807) is 7.11 Å². The van der Waals surface area contributed by atoms with Gasteiger partial charge in [-0.2, -0.15) is 0 Å². The van der Waals surface area contributed by atoms with Crippen LogP contribution < -0.4 is 0 Å². The summed E-state index contributed by atoms with van der Waals surface area (Å²) >= 11 is 0. The van der Waals surface area contributed by atoms with Gasteiger partial charge >= 0.3 is 0 Å². The molecule has 0 aliphatic rings. The third kappa shape index (κ3) is 2.26. The van der Waals surface area contributed by atoms with Crippen LogP contribution in [0.25, 0.3) is 0 Å². The van der Waals surface area contributed by atoms with Gasteiger partial charge in [0.25, 0.3) is 0 Å². The number of methoxy groups -OCH3 is 1. The molecule has 0 aromatic heterocycles. The fourth-order valence-corrected chi connectivity index (χ4v) is 0.466. The largest absolute Gasteiger partial charge is 0.501 e. The van der Waals surface area contributed by atoms with Gasteiger partial charge < -0.3 is 4.74 Å². The molecule has 0 saturated carbocycles. The van der Waals surface area contributed by atoms with E-state index in [4.69, 9.17) is 4.74 Å². The first kappa shape index (κ1) is 6.54. The highest BCUT2D eigenvalue weighted by molar-refractivity contribution is 4.87. The van der Waals surface area contributed by atoms with E-state index in [0.717, 1.165) is 12.2 Å². The fraction of sp³-hybridized carbons (Fsp3) is 0.667. The van der Waals surface area contributed by atoms with Gasteiger partial charge in [-0.3, -0.25) is 0 Å². The first-order valence-corrected chi connectivity index (χ1v) is 2.54. The Kier molecular flexibility index (Phi) is 3.48. The van der Waals surface area contributed by atoms with Crippen LogP contribution in [0.15, 0.2) is 11.8 Å². The fourth-order valence-electron chi connectivity index (χ4n) is 0.466. The average molecular weight is 100 g/mol. The molecule has 0 aliphatic carbocycles. The Labute approximate surface area is 45.0 Å². The van der Waals surface area contributed by atoms with Crippen molar-refractivity contribution in [3.8, 4) is 0 Å². The monoisotopic (exact) mass is 100 g/mol. The Morgan fingerprint density at radius 2 is 2.29 bits per heavy atom. The minimum atomic E-state index is 0.993. The second-order valence-electron chi connectivity index (χ2n) is 1.31. The SMILES string of the molecule is CC=C(CC)OC. The molecule has 0 aliphatic heterocycles. The van der Waals surface area contributed by atoms with E-state index in [2.05, 4.69) is 6.92 Å². The minimum Gasteiger partial charge on any atom is -0.501 e. The minimum absolute atomic E-state index is 0.993. The van der Waals surface area contributed by atoms with E-state index in [0.29, 0.717) is 0 Å². The van der Waals surface area contributed by atoms with Crippen molar-refractivity contribution in [1.29, 1.82) is 0 Å². The van der Waals surface area contributed by atoms with Crippen molar-refractivity contribution in [2.45, 2.75) is 20.3 Å². The second-order valence-corrected chi connectivity index (χ2v) is 1.31. The van der Waals surface area contributed by atoms with Gasteiger partial charge in [-0.05, 0) is 13.0 Å². The molecule has 0 rings (SSSR count). The maximum Gasteiger partial charge on any atom is 0.0910 e. The Hall–Kier alpha value is -0.460. The van der Waals surface area contributed by atoms with Crippen LogP contribution in [0, 0.1) is 0 Å². The molecular formula is C6H12O. The summed E-state index contributed by atoms with van der Waals surface area (Å²) in [5.41, 5.74) is 0. The summed E-state index contributed by atoms with van der Waals surface area (Å²) in [5.74, 6) is 1.06. The molecular weight excluding hydrogens is 88.1 g/mol. The van der Waals surface area contributed by atoms with Crippen LogP contribution in [-0.4, -0.2) is 7.11 Å². The molecule has 1 heteroatoms. The van der Waals surface area contributed by atoms with Gasteiger partial charge in [0.1, 0.15) is 0 Å². The van der Waals surface area contributed by atoms with E-state index in [1.165, 1.54) is 0 Å². The Balaban J connectivity index is 3.38. The Bertz CT molecular complexity index is 58.6. The maximum absolute atomic E-state index is 4.91. The summed E-state index contributed by atoms with van der Waals surface area (Å²) in [4.78, 5) is 0. The summed E-state index contributed by atoms with van der Waals surface area (Å²) in [5, 5.41) is 0. The number of allylic oxidation sites excluding steroid dienone is 2. The van der Waals surface area contributed by atoms with Crippen LogP contribution in [0.1, 0.15) is 20.3 Å². The molecule has 42 valence electrons. The molecule has 0 aromatic carbocycles. The third-order valence-corrected chi connectivity index (χ3v) is 0.933. The zero-order valence-electron chi connectivity index (χ0n) is 5.19. The number of hydrogen-bond donors (Lipinski definition) is 0. The topological polar surface area (TPSA) is 9.23 Å². The quantitative estimate of drug-likeness (QED) is 0.482. The highest BCUT2D eigenvalue weighted by atomic mass is 16.5. The smallest absolute Gasteiger partial charge is 0.0910 e. The number of hydrogen-bond acceptors (Lipinski definition) is 1. The predicted octanol–water partition coefficient (Wildman–Crippen LogP) is 1.95. The standard InChI is InChI=1S/C6H12O/c1-4-6(5-2)7-3/h4H,5H2,1-3H3. The molecule has 7 heavy (non-hydrogen) atoms. The van der Waals surface area contributed by atoms with Gasteiger partial charge in [0, 0.05) is 6.42 Å². The molecule has 0 saturated heterocycles. The van der Waals surface area contributed by atoms with Crippen molar-refractivity contribution in [2.24, 2.45) is 0 Å². The molecule has 0 fully saturated rings. The molecule has 0 aromatic rings. The maximum atomic E-state index is 4.91. The zero-order valence-corrected chi connectivity index (χ0v) is 5.19. The summed E-state index contributed by atoms with van der Waals surface area (Å²) in [7, 11) is 1.69. The van der Waals surface area contributed by atoms with Crippen LogP contribution in [-0.2, 0) is 4.74 Å². The molecule has 0 unspecified atom stereocenters. The van der Waals surface area contributed by atoms with E-state index in [9.17, 15) is 0 Å². The first-order valence-electron chi connectivity index (χ1n) is 2.54. The number of ether oxygens (including phenoxy) is 1. The Morgan fingerprint density at radius 3 is 2.29 bits per heavy atom. The van der Waals surface area contributed by atoms with E-state index >= 15 is 0 Å². The average Bonchev–Trinajstić information content (AvgIpc) is 1.72. The van der Waals surface area contributed by atoms with Gasteiger partial charge in [0.2, 0.25) is 0 Å². The van der Waals surface area contributed by atoms with Crippen molar-refractivity contribution in [3.05, 3.63) is 11.8 Å². The molecule has 0 amide bonds. The first-order chi connectivity index (χ1) is 3.35. The zero-order chi connectivity index (χ0) is 5.70. The molecule has 1 nitrogen and oxygen atoms in total. The lowest BCUT2D eigenvalue weighted by Crippen LogP contribution is -1.80. The van der Waals surface area contributed by atoms with E-state index in [-0.39, 0.29) is 0 Å². The van der Waals surface area contributed by atoms with E-state index < -0.39 is 0 Å². The third-order valence-electron chi connectivity index (χ3n) is 0.933. The lowest BCUT2D eigenvalue weighted by atomic mass is 10.4. The summed E-state index contributed by atoms with van der Waals surface area (Å²) < 4.78 is 4.91. The summed E-state index contributed by atoms with van der Waals surface area (Å²) in [6.45, 7) is 4.04. The highest BCUT2D eigenvalue weighted by Gasteiger charge is 1.82. The lowest BCUT2D eigenvalue weighted by Gasteiger charge is -1.97. The Morgan fingerprint density at radius 1 is 1.71 bits per heavy atom. The summed E-state index contributed by atoms with van der Waals surface area (Å²) in [6, 6.07) is 0. The summed E-state index contributed by atoms with van der Waals surface area (Å²) in [6.07, 6.45) is 2.97. The van der Waals surface area contributed by atoms with Crippen LogP contribution >= 0.6 is 0 Å². The van der Waals surface area contributed by atoms with Crippen LogP contribution in [0.5, 0.6) is 0 Å². The predicted molar refractivity (Wildman–Crippen MR) is 31.1 cm³/mol. The van der Waals surface area contributed by atoms with Gasteiger partial charge in [0.05, 0.1) is 12.9 Å². The van der Waals surface area contributed by atoms with Gasteiger partial charge in [-0.1, -0.05) is 6.92 Å². The molecule has 0 bridgehead atoms. The lowest BCUT2D eigenvalue weighted by molar-refractivity contribution is 0.280. The van der Waals surface area contributed by atoms with Crippen LogP contribution in [0.3, 0.4) is 0 Å². The van der Waals surface area contributed by atoms with Crippen LogP contribution in [0.2, 0.25) is 0 Å². The molecule has 0 radical (unpaired) electrons. The van der Waals surface area contributed by atoms with E-state index in [1.807, 2.05) is 13.0 Å². The van der Waals surface area contributed by atoms with Gasteiger partial charge in [-0.15, -0.1) is 0 Å². The van der Waals surface area contributed by atoms with Crippen LogP contribution in [0.4, 0.5) is 0 Å². The van der Waals surface area contributed by atoms with Crippen molar-refractivity contribution in [3.63, 3.8) is 0 Å². The number of rotatable bonds is 2. The highest BCUT2D eigenvalue weighted by Crippen LogP contribution is 1.97. The van der Waals surface area contributed by atoms with Crippen molar-refractivity contribution < 1.29 is 4.74 Å². The van der Waals surface area contributed by atoms with Gasteiger partial charge in [-0.25, -0.2) is 0 Å². The molecule has 0 atom stereocenters. The van der Waals surface area contributed by atoms with Gasteiger partial charge in [0.15, 0.2) is 0 Å². The second kappa shape index (κ2) is 3.72. The van der Waals surface area contributed by atoms with Crippen molar-refractivity contribution >= 4 is 0 Å². The normalized spacial score (nSPS) is 11.6. The van der Waals surface area contributed by atoms with Crippen molar-refractivity contribution in [2.75, 3.05) is 7.11 Å². The molecule has 0 N–H and O–H groups in total. The molecule has 0 spiro atoms. The molecule has 0 heterocycles. The van der Waals surface area contributed by atoms with Crippen molar-refractivity contribution in [1.82, 2.24) is 0 Å².